The first kappa shape index (κ1) is 13.5. The molecule has 1 aromatic heterocycles. The Balaban J connectivity index is 2.25. The van der Waals surface area contributed by atoms with E-state index in [0.29, 0.717) is 11.3 Å². The third-order valence-electron chi connectivity index (χ3n) is 2.53. The molecule has 0 fully saturated rings. The Bertz CT molecular complexity index is 648. The minimum atomic E-state index is -0.627. The summed E-state index contributed by atoms with van der Waals surface area (Å²) in [6.07, 6.45) is 1.29. The van der Waals surface area contributed by atoms with Gasteiger partial charge < -0.3 is 19.6 Å². The highest BCUT2D eigenvalue weighted by molar-refractivity contribution is 5.89. The summed E-state index contributed by atoms with van der Waals surface area (Å²) < 4.78 is 11.4. The second-order valence-electron chi connectivity index (χ2n) is 3.86. The van der Waals surface area contributed by atoms with Gasteiger partial charge in [-0.15, -0.1) is 0 Å². The summed E-state index contributed by atoms with van der Waals surface area (Å²) in [5.74, 6) is -0.474. The zero-order valence-electron chi connectivity index (χ0n) is 10.8. The molecule has 0 radical (unpaired) electrons. The zero-order chi connectivity index (χ0) is 14.7. The molecule has 1 aromatic carbocycles. The Morgan fingerprint density at radius 1 is 1.35 bits per heavy atom. The Morgan fingerprint density at radius 2 is 2.00 bits per heavy atom. The van der Waals surface area contributed by atoms with Crippen molar-refractivity contribution in [2.75, 3.05) is 7.11 Å². The van der Waals surface area contributed by atoms with Gasteiger partial charge in [0.1, 0.15) is 5.75 Å². The first-order valence-corrected chi connectivity index (χ1v) is 5.55. The van der Waals surface area contributed by atoms with Crippen LogP contribution in [0.3, 0.4) is 0 Å². The molecule has 0 amide bonds. The second kappa shape index (κ2) is 5.39. The van der Waals surface area contributed by atoms with Gasteiger partial charge in [0, 0.05) is 7.05 Å². The predicted octanol–water partition coefficient (Wildman–Crippen LogP) is 1.91. The highest BCUT2D eigenvalue weighted by Crippen LogP contribution is 2.29. The van der Waals surface area contributed by atoms with Gasteiger partial charge >= 0.3 is 17.7 Å². The lowest BCUT2D eigenvalue weighted by Crippen LogP contribution is -2.01. The van der Waals surface area contributed by atoms with E-state index in [9.17, 15) is 14.9 Å². The molecular weight excluding hydrogens is 266 g/mol. The van der Waals surface area contributed by atoms with Crippen LogP contribution in [0, 0.1) is 10.1 Å². The van der Waals surface area contributed by atoms with E-state index in [4.69, 9.17) is 4.74 Å². The van der Waals surface area contributed by atoms with Crippen molar-refractivity contribution in [2.45, 2.75) is 0 Å². The fourth-order valence-corrected chi connectivity index (χ4v) is 1.54. The van der Waals surface area contributed by atoms with E-state index < -0.39 is 10.9 Å². The van der Waals surface area contributed by atoms with E-state index in [1.807, 2.05) is 0 Å². The van der Waals surface area contributed by atoms with Crippen LogP contribution in [-0.4, -0.2) is 27.6 Å². The zero-order valence-corrected chi connectivity index (χ0v) is 10.8. The molecule has 0 aliphatic heterocycles. The summed E-state index contributed by atoms with van der Waals surface area (Å²) in [6.45, 7) is 0. The number of esters is 1. The Morgan fingerprint density at radius 3 is 2.55 bits per heavy atom. The van der Waals surface area contributed by atoms with Gasteiger partial charge in [-0.05, 0) is 34.2 Å². The average Bonchev–Trinajstić information content (AvgIpc) is 2.80. The van der Waals surface area contributed by atoms with Crippen molar-refractivity contribution in [2.24, 2.45) is 7.05 Å². The number of nitro groups is 1. The van der Waals surface area contributed by atoms with Crippen molar-refractivity contribution < 1.29 is 19.2 Å². The van der Waals surface area contributed by atoms with Crippen molar-refractivity contribution in [1.29, 1.82) is 0 Å². The molecule has 0 unspecified atom stereocenters. The summed E-state index contributed by atoms with van der Waals surface area (Å²) in [5, 5.41) is 10.8. The van der Waals surface area contributed by atoms with Gasteiger partial charge in [-0.2, -0.15) is 0 Å². The van der Waals surface area contributed by atoms with Gasteiger partial charge in [0.2, 0.25) is 6.33 Å². The Hall–Kier alpha value is -2.90. The summed E-state index contributed by atoms with van der Waals surface area (Å²) in [7, 11) is 2.86. The first-order valence-electron chi connectivity index (χ1n) is 5.55. The highest BCUT2D eigenvalue weighted by atomic mass is 16.6. The number of rotatable bonds is 4. The topological polar surface area (TPSA) is 96.5 Å². The van der Waals surface area contributed by atoms with Crippen molar-refractivity contribution in [3.8, 4) is 11.6 Å². The molecule has 2 rings (SSSR count). The molecule has 1 heterocycles. The number of hydrogen-bond donors (Lipinski definition) is 0. The SMILES string of the molecule is COC(=O)c1ccc(Oc2c([N+](=O)[O-])ncn2C)cc1. The molecule has 0 atom stereocenters. The third-order valence-corrected chi connectivity index (χ3v) is 2.53. The predicted molar refractivity (Wildman–Crippen MR) is 67.7 cm³/mol. The number of aryl methyl sites for hydroxylation is 1. The van der Waals surface area contributed by atoms with Gasteiger partial charge in [0.15, 0.2) is 0 Å². The monoisotopic (exact) mass is 277 g/mol. The van der Waals surface area contributed by atoms with Crippen molar-refractivity contribution >= 4 is 11.8 Å². The van der Waals surface area contributed by atoms with Gasteiger partial charge in [-0.3, -0.25) is 4.57 Å². The lowest BCUT2D eigenvalue weighted by molar-refractivity contribution is -0.390. The van der Waals surface area contributed by atoms with Crippen LogP contribution in [0.1, 0.15) is 10.4 Å². The maximum atomic E-state index is 11.3. The summed E-state index contributed by atoms with van der Waals surface area (Å²) in [6, 6.07) is 6.04. The Kier molecular flexibility index (Phi) is 3.65. The lowest BCUT2D eigenvalue weighted by atomic mass is 10.2. The molecule has 8 nitrogen and oxygen atoms in total. The molecule has 20 heavy (non-hydrogen) atoms. The molecule has 0 spiro atoms. The normalized spacial score (nSPS) is 10.1. The van der Waals surface area contributed by atoms with Crippen LogP contribution in [0.2, 0.25) is 0 Å². The van der Waals surface area contributed by atoms with Crippen molar-refractivity contribution in [3.63, 3.8) is 0 Å². The number of carbonyl (C=O) groups is 1. The van der Waals surface area contributed by atoms with Gasteiger partial charge in [0.25, 0.3) is 0 Å². The third kappa shape index (κ3) is 2.58. The minimum Gasteiger partial charge on any atom is -0.465 e. The molecular formula is C12H11N3O5. The van der Waals surface area contributed by atoms with E-state index in [0.717, 1.165) is 0 Å². The number of methoxy groups -OCH3 is 1. The molecule has 104 valence electrons. The summed E-state index contributed by atoms with van der Waals surface area (Å²) in [5.41, 5.74) is 0.361. The highest BCUT2D eigenvalue weighted by Gasteiger charge is 2.22. The number of ether oxygens (including phenoxy) is 2. The molecule has 2 aromatic rings. The maximum Gasteiger partial charge on any atom is 0.427 e. The molecule has 8 heteroatoms. The van der Waals surface area contributed by atoms with Crippen molar-refractivity contribution in [1.82, 2.24) is 9.55 Å². The maximum absolute atomic E-state index is 11.3. The van der Waals surface area contributed by atoms with Gasteiger partial charge in [-0.1, -0.05) is 0 Å². The van der Waals surface area contributed by atoms with E-state index in [1.165, 1.54) is 42.3 Å². The van der Waals surface area contributed by atoms with Gasteiger partial charge in [0.05, 0.1) is 12.7 Å². The van der Waals surface area contributed by atoms with Gasteiger partial charge in [-0.25, -0.2) is 4.79 Å². The van der Waals surface area contributed by atoms with Crippen LogP contribution in [0.25, 0.3) is 0 Å². The largest absolute Gasteiger partial charge is 0.465 e. The van der Waals surface area contributed by atoms with Crippen LogP contribution < -0.4 is 4.74 Å². The molecule has 0 bridgehead atoms. The van der Waals surface area contributed by atoms with Crippen LogP contribution in [0.15, 0.2) is 30.6 Å². The van der Waals surface area contributed by atoms with Crippen molar-refractivity contribution in [3.05, 3.63) is 46.3 Å². The Labute approximate surface area is 113 Å². The number of nitrogens with zero attached hydrogens (tertiary/aromatic N) is 3. The molecule has 0 saturated heterocycles. The fraction of sp³-hybridized carbons (Fsp3) is 0.167. The molecule has 0 N–H and O–H groups in total. The van der Waals surface area contributed by atoms with E-state index in [-0.39, 0.29) is 11.7 Å². The number of carbonyl (C=O) groups excluding carboxylic acids is 1. The number of hydrogen-bond acceptors (Lipinski definition) is 6. The van der Waals surface area contributed by atoms with Crippen LogP contribution in [0.5, 0.6) is 11.6 Å². The smallest absolute Gasteiger partial charge is 0.427 e. The molecule has 0 aliphatic rings. The number of imidazole rings is 1. The molecule has 0 aliphatic carbocycles. The lowest BCUT2D eigenvalue weighted by Gasteiger charge is -2.06. The van der Waals surface area contributed by atoms with Crippen LogP contribution in [0.4, 0.5) is 5.82 Å². The molecule has 0 saturated carbocycles. The number of benzene rings is 1. The average molecular weight is 277 g/mol. The minimum absolute atomic E-state index is 0.0146. The quantitative estimate of drug-likeness (QED) is 0.481. The summed E-state index contributed by atoms with van der Waals surface area (Å²) in [4.78, 5) is 25.1. The van der Waals surface area contributed by atoms with E-state index in [1.54, 1.807) is 7.05 Å². The van der Waals surface area contributed by atoms with Crippen LogP contribution >= 0.6 is 0 Å². The standard InChI is InChI=1S/C12H11N3O5/c1-14-7-13-10(15(17)18)11(14)20-9-5-3-8(4-6-9)12(16)19-2/h3-7H,1-2H3. The number of aromatic nitrogens is 2. The first-order chi connectivity index (χ1) is 9.52. The second-order valence-corrected chi connectivity index (χ2v) is 3.86. The van der Waals surface area contributed by atoms with E-state index in [2.05, 4.69) is 9.72 Å². The van der Waals surface area contributed by atoms with E-state index >= 15 is 0 Å². The van der Waals surface area contributed by atoms with Crippen LogP contribution in [-0.2, 0) is 11.8 Å². The summed E-state index contributed by atoms with van der Waals surface area (Å²) >= 11 is 0. The fourth-order valence-electron chi connectivity index (χ4n) is 1.54.